The van der Waals surface area contributed by atoms with Crippen molar-refractivity contribution in [2.24, 2.45) is 0 Å². The molecular weight excluding hydrogens is 542 g/mol. The summed E-state index contributed by atoms with van der Waals surface area (Å²) in [4.78, 5) is 0. The van der Waals surface area contributed by atoms with Gasteiger partial charge in [0.05, 0.1) is 0 Å². The van der Waals surface area contributed by atoms with E-state index in [-0.39, 0.29) is 0 Å². The Balaban J connectivity index is 2.99. The van der Waals surface area contributed by atoms with Crippen LogP contribution in [0.5, 0.6) is 0 Å². The molecule has 0 saturated heterocycles. The van der Waals surface area contributed by atoms with Crippen molar-refractivity contribution in [3.63, 3.8) is 0 Å². The number of hydrogen-bond acceptors (Lipinski definition) is 0. The zero-order valence-corrected chi connectivity index (χ0v) is 27.5. The van der Waals surface area contributed by atoms with E-state index in [9.17, 15) is 0 Å². The summed E-state index contributed by atoms with van der Waals surface area (Å²) < 4.78 is 0. The third-order valence-corrected chi connectivity index (χ3v) is 15.0. The van der Waals surface area contributed by atoms with Crippen molar-refractivity contribution in [3.05, 3.63) is 0 Å². The van der Waals surface area contributed by atoms with E-state index in [1.807, 2.05) is 0 Å². The first-order valence-corrected chi connectivity index (χ1v) is 22.9. The van der Waals surface area contributed by atoms with Gasteiger partial charge in [-0.05, 0) is 0 Å². The molecule has 0 rings (SSSR count). The maximum atomic E-state index is 2.31. The van der Waals surface area contributed by atoms with E-state index < -0.39 is 0 Å². The van der Waals surface area contributed by atoms with Crippen molar-refractivity contribution in [2.45, 2.75) is 204 Å². The molecule has 0 atom stereocenters. The molecule has 0 spiro atoms. The standard InChI is InChI=1S/C32H66Se2/c1-3-5-7-9-11-13-15-17-19-21-23-25-27-29-31-33-34-32-30-28-26-24-22-20-18-16-14-12-10-8-6-4-2/h3-32H2,1-2H3. The first kappa shape index (κ1) is 35.0. The van der Waals surface area contributed by atoms with E-state index in [1.165, 1.54) is 180 Å². The fourth-order valence-corrected chi connectivity index (χ4v) is 11.8. The maximum absolute atomic E-state index is 2.31. The Morgan fingerprint density at radius 3 is 0.618 bits per heavy atom. The normalized spacial score (nSPS) is 11.5. The third kappa shape index (κ3) is 33.0. The summed E-state index contributed by atoms with van der Waals surface area (Å²) in [5.41, 5.74) is 0. The zero-order valence-electron chi connectivity index (χ0n) is 24.0. The van der Waals surface area contributed by atoms with E-state index in [0.29, 0.717) is 0 Å². The Morgan fingerprint density at radius 1 is 0.235 bits per heavy atom. The van der Waals surface area contributed by atoms with Gasteiger partial charge < -0.3 is 0 Å². The predicted molar refractivity (Wildman–Crippen MR) is 162 cm³/mol. The van der Waals surface area contributed by atoms with E-state index in [2.05, 4.69) is 13.8 Å². The van der Waals surface area contributed by atoms with Crippen LogP contribution in [0, 0.1) is 0 Å². The van der Waals surface area contributed by atoms with Crippen LogP contribution in [0.15, 0.2) is 0 Å². The van der Waals surface area contributed by atoms with Crippen LogP contribution < -0.4 is 0 Å². The third-order valence-electron chi connectivity index (χ3n) is 7.25. The van der Waals surface area contributed by atoms with Crippen molar-refractivity contribution in [1.82, 2.24) is 0 Å². The summed E-state index contributed by atoms with van der Waals surface area (Å²) in [7, 11) is 0. The molecule has 206 valence electrons. The first-order chi connectivity index (χ1) is 16.9. The smallest absolute Gasteiger partial charge is 0.0654 e. The molecule has 0 aliphatic heterocycles. The molecule has 0 saturated carbocycles. The van der Waals surface area contributed by atoms with Crippen LogP contribution in [0.2, 0.25) is 10.6 Å². The molecule has 0 aromatic carbocycles. The molecule has 0 aliphatic rings. The van der Waals surface area contributed by atoms with Gasteiger partial charge in [0.15, 0.2) is 0 Å². The summed E-state index contributed by atoms with van der Waals surface area (Å²) in [6, 6.07) is 0. The van der Waals surface area contributed by atoms with Crippen LogP contribution in [0.25, 0.3) is 0 Å². The van der Waals surface area contributed by atoms with Gasteiger partial charge in [0.1, 0.15) is 0 Å². The Morgan fingerprint density at radius 2 is 0.412 bits per heavy atom. The van der Waals surface area contributed by atoms with Crippen LogP contribution >= 0.6 is 0 Å². The van der Waals surface area contributed by atoms with Crippen molar-refractivity contribution >= 4 is 26.3 Å². The van der Waals surface area contributed by atoms with Crippen LogP contribution in [0.3, 0.4) is 0 Å². The van der Waals surface area contributed by atoms with Crippen LogP contribution in [-0.2, 0) is 0 Å². The molecule has 0 radical (unpaired) electrons. The molecule has 0 amide bonds. The van der Waals surface area contributed by atoms with Crippen molar-refractivity contribution in [1.29, 1.82) is 0 Å². The van der Waals surface area contributed by atoms with Crippen molar-refractivity contribution < 1.29 is 0 Å². The summed E-state index contributed by atoms with van der Waals surface area (Å²) in [5, 5.41) is 3.17. The molecule has 0 bridgehead atoms. The van der Waals surface area contributed by atoms with Gasteiger partial charge in [-0.2, -0.15) is 0 Å². The topological polar surface area (TPSA) is 0 Å². The minimum absolute atomic E-state index is 1.01. The molecule has 0 aromatic rings. The van der Waals surface area contributed by atoms with E-state index >= 15 is 0 Å². The molecular formula is C32H66Se2. The monoisotopic (exact) mass is 610 g/mol. The number of hydrogen-bond donors (Lipinski definition) is 0. The molecule has 0 aromatic heterocycles. The fourth-order valence-electron chi connectivity index (χ4n) is 4.83. The summed E-state index contributed by atoms with van der Waals surface area (Å²) >= 11 is 2.03. The SMILES string of the molecule is CCCCCCCCCCCCCCCC[Se][Se]CCCCCCCCCCCCCCCC. The first-order valence-electron chi connectivity index (χ1n) is 16.2. The predicted octanol–water partition coefficient (Wildman–Crippen LogP) is 12.1. The Hall–Kier alpha value is 1.04. The molecule has 0 nitrogen and oxygen atoms in total. The van der Waals surface area contributed by atoms with Crippen LogP contribution in [0.1, 0.15) is 194 Å². The summed E-state index contributed by atoms with van der Waals surface area (Å²) in [6.45, 7) is 4.62. The minimum Gasteiger partial charge on any atom is -0.0654 e. The molecule has 34 heavy (non-hydrogen) atoms. The summed E-state index contributed by atoms with van der Waals surface area (Å²) in [6.07, 6.45) is 41.7. The van der Waals surface area contributed by atoms with E-state index in [0.717, 1.165) is 26.3 Å². The fraction of sp³-hybridized carbons (Fsp3) is 1.00. The van der Waals surface area contributed by atoms with Crippen molar-refractivity contribution in [3.8, 4) is 0 Å². The molecule has 0 heterocycles. The van der Waals surface area contributed by atoms with Crippen LogP contribution in [0.4, 0.5) is 0 Å². The van der Waals surface area contributed by atoms with Gasteiger partial charge in [-0.1, -0.05) is 52.4 Å². The van der Waals surface area contributed by atoms with Gasteiger partial charge in [0.25, 0.3) is 0 Å². The molecule has 0 N–H and O–H groups in total. The van der Waals surface area contributed by atoms with E-state index in [4.69, 9.17) is 0 Å². The van der Waals surface area contributed by atoms with Gasteiger partial charge in [-0.3, -0.25) is 0 Å². The molecule has 2 heteroatoms. The van der Waals surface area contributed by atoms with Gasteiger partial charge in [-0.25, -0.2) is 0 Å². The Bertz CT molecular complexity index is 299. The number of unbranched alkanes of at least 4 members (excludes halogenated alkanes) is 26. The van der Waals surface area contributed by atoms with Crippen LogP contribution in [-0.4, -0.2) is 26.3 Å². The summed E-state index contributed by atoms with van der Waals surface area (Å²) in [5.74, 6) is 0. The molecule has 0 fully saturated rings. The van der Waals surface area contributed by atoms with Gasteiger partial charge in [0, 0.05) is 0 Å². The van der Waals surface area contributed by atoms with Crippen molar-refractivity contribution in [2.75, 3.05) is 0 Å². The van der Waals surface area contributed by atoms with Gasteiger partial charge in [0.2, 0.25) is 0 Å². The zero-order chi connectivity index (χ0) is 24.6. The van der Waals surface area contributed by atoms with Gasteiger partial charge >= 0.3 is 178 Å². The van der Waals surface area contributed by atoms with E-state index in [1.54, 1.807) is 10.6 Å². The minimum atomic E-state index is 1.01. The molecule has 0 unspecified atom stereocenters. The second-order valence-corrected chi connectivity index (χ2v) is 18.7. The van der Waals surface area contributed by atoms with Gasteiger partial charge in [-0.15, -0.1) is 0 Å². The Kier molecular flexibility index (Phi) is 35.1. The Labute approximate surface area is 229 Å². The quantitative estimate of drug-likeness (QED) is 0.0542. The second-order valence-electron chi connectivity index (χ2n) is 10.8. The average Bonchev–Trinajstić information content (AvgIpc) is 2.85. The molecule has 0 aliphatic carbocycles. The average molecular weight is 609 g/mol. The number of rotatable bonds is 31. The second kappa shape index (κ2) is 34.0.